The van der Waals surface area contributed by atoms with E-state index in [1.165, 1.54) is 0 Å². The van der Waals surface area contributed by atoms with Crippen molar-refractivity contribution in [2.24, 2.45) is 0 Å². The summed E-state index contributed by atoms with van der Waals surface area (Å²) in [5.74, 6) is -4.00. The molecule has 2 rings (SSSR count). The number of esters is 2. The van der Waals surface area contributed by atoms with Crippen molar-refractivity contribution in [1.29, 1.82) is 0 Å². The Morgan fingerprint density at radius 3 is 2.25 bits per heavy atom. The molecule has 1 fully saturated rings. The van der Waals surface area contributed by atoms with Gasteiger partial charge in [-0.15, -0.1) is 0 Å². The number of rotatable bonds is 6. The molecule has 1 saturated carbocycles. The summed E-state index contributed by atoms with van der Waals surface area (Å²) >= 11 is 0. The van der Waals surface area contributed by atoms with Crippen molar-refractivity contribution in [3.05, 3.63) is 35.5 Å². The van der Waals surface area contributed by atoms with E-state index in [0.29, 0.717) is 0 Å². The number of anilines is 1. The smallest absolute Gasteiger partial charge is 0.354 e. The summed E-state index contributed by atoms with van der Waals surface area (Å²) in [5.41, 5.74) is -0.401. The van der Waals surface area contributed by atoms with Crippen LogP contribution in [-0.2, 0) is 19.1 Å². The summed E-state index contributed by atoms with van der Waals surface area (Å²) < 4.78 is 42.3. The fraction of sp³-hybridized carbons (Fsp3) is 0.375. The van der Waals surface area contributed by atoms with Crippen LogP contribution in [0.15, 0.2) is 23.9 Å². The summed E-state index contributed by atoms with van der Waals surface area (Å²) in [6.07, 6.45) is 3.12. The normalized spacial score (nSPS) is 14.6. The van der Waals surface area contributed by atoms with E-state index in [0.717, 1.165) is 51.7 Å². The molecule has 24 heavy (non-hydrogen) atoms. The average Bonchev–Trinajstić information content (AvgIpc) is 2.50. The first-order chi connectivity index (χ1) is 11.4. The van der Waals surface area contributed by atoms with Gasteiger partial charge in [0.15, 0.2) is 17.4 Å². The lowest BCUT2D eigenvalue weighted by Gasteiger charge is -2.26. The molecule has 0 radical (unpaired) electrons. The molecule has 0 aliphatic heterocycles. The van der Waals surface area contributed by atoms with Gasteiger partial charge >= 0.3 is 11.9 Å². The molecule has 1 aromatic rings. The largest absolute Gasteiger partial charge is 0.484 e. The molecule has 0 aromatic heterocycles. The van der Waals surface area contributed by atoms with Crippen LogP contribution in [0, 0.1) is 11.6 Å². The lowest BCUT2D eigenvalue weighted by Crippen LogP contribution is -2.25. The molecule has 1 aliphatic carbocycles. The maximum atomic E-state index is 14.1. The van der Waals surface area contributed by atoms with Gasteiger partial charge in [0.25, 0.3) is 0 Å². The Bertz CT molecular complexity index is 647. The Morgan fingerprint density at radius 2 is 1.79 bits per heavy atom. The Balaban J connectivity index is 2.22. The van der Waals surface area contributed by atoms with Crippen LogP contribution in [0.25, 0.3) is 0 Å². The molecule has 6 nitrogen and oxygen atoms in total. The molecule has 0 bridgehead atoms. The van der Waals surface area contributed by atoms with Crippen LogP contribution < -0.4 is 10.1 Å². The lowest BCUT2D eigenvalue weighted by molar-refractivity contribution is -0.138. The number of hydrogen-bond acceptors (Lipinski definition) is 6. The molecular weight excluding hydrogens is 324 g/mol. The highest BCUT2D eigenvalue weighted by Crippen LogP contribution is 2.31. The van der Waals surface area contributed by atoms with Crippen molar-refractivity contribution >= 4 is 17.6 Å². The number of methoxy groups -OCH3 is 2. The number of hydrogen-bond donors (Lipinski definition) is 1. The van der Waals surface area contributed by atoms with Crippen LogP contribution >= 0.6 is 0 Å². The van der Waals surface area contributed by atoms with Gasteiger partial charge in [0.05, 0.1) is 26.4 Å². The highest BCUT2D eigenvalue weighted by atomic mass is 19.1. The number of halogens is 2. The molecule has 1 aliphatic rings. The zero-order chi connectivity index (χ0) is 17.7. The Morgan fingerprint density at radius 1 is 1.17 bits per heavy atom. The molecule has 1 N–H and O–H groups in total. The van der Waals surface area contributed by atoms with Gasteiger partial charge < -0.3 is 19.5 Å². The van der Waals surface area contributed by atoms with E-state index in [1.807, 2.05) is 0 Å². The highest BCUT2D eigenvalue weighted by Gasteiger charge is 2.23. The Kier molecular flexibility index (Phi) is 5.73. The molecule has 0 unspecified atom stereocenters. The third kappa shape index (κ3) is 4.21. The van der Waals surface area contributed by atoms with E-state index in [4.69, 9.17) is 4.74 Å². The molecule has 0 spiro atoms. The van der Waals surface area contributed by atoms with Crippen molar-refractivity contribution < 1.29 is 32.6 Å². The molecule has 130 valence electrons. The van der Waals surface area contributed by atoms with Crippen molar-refractivity contribution in [2.75, 3.05) is 19.5 Å². The minimum Gasteiger partial charge on any atom is -0.484 e. The minimum atomic E-state index is -0.910. The lowest BCUT2D eigenvalue weighted by atomic mass is 9.96. The first-order valence-electron chi connectivity index (χ1n) is 7.25. The van der Waals surface area contributed by atoms with Gasteiger partial charge in [0.1, 0.15) is 5.70 Å². The third-order valence-electron chi connectivity index (χ3n) is 3.48. The van der Waals surface area contributed by atoms with Crippen molar-refractivity contribution in [3.8, 4) is 5.75 Å². The molecule has 0 heterocycles. The number of benzene rings is 1. The first-order valence-corrected chi connectivity index (χ1v) is 7.25. The number of nitrogens with one attached hydrogen (secondary N) is 1. The van der Waals surface area contributed by atoms with E-state index >= 15 is 0 Å². The van der Waals surface area contributed by atoms with Gasteiger partial charge in [-0.05, 0) is 19.3 Å². The molecule has 0 atom stereocenters. The van der Waals surface area contributed by atoms with E-state index in [2.05, 4.69) is 14.8 Å². The van der Waals surface area contributed by atoms with Crippen LogP contribution in [0.1, 0.15) is 19.3 Å². The van der Waals surface area contributed by atoms with Crippen LogP contribution in [0.4, 0.5) is 14.5 Å². The summed E-state index contributed by atoms with van der Waals surface area (Å²) in [4.78, 5) is 22.9. The fourth-order valence-corrected chi connectivity index (χ4v) is 1.99. The van der Waals surface area contributed by atoms with E-state index in [9.17, 15) is 18.4 Å². The SMILES string of the molecule is COC(=O)/C=C(/Nc1cc(F)c(OC2CCC2)c(F)c1)C(=O)OC. The van der Waals surface area contributed by atoms with Gasteiger partial charge in [-0.2, -0.15) is 0 Å². The second-order valence-corrected chi connectivity index (χ2v) is 5.14. The topological polar surface area (TPSA) is 73.9 Å². The molecular formula is C16H17F2NO5. The van der Waals surface area contributed by atoms with Crippen LogP contribution in [0.3, 0.4) is 0 Å². The van der Waals surface area contributed by atoms with Crippen LogP contribution in [-0.4, -0.2) is 32.3 Å². The monoisotopic (exact) mass is 341 g/mol. The average molecular weight is 341 g/mol. The van der Waals surface area contributed by atoms with Gasteiger partial charge in [-0.1, -0.05) is 0 Å². The minimum absolute atomic E-state index is 0.0773. The Hall–Kier alpha value is -2.64. The molecule has 0 saturated heterocycles. The van der Waals surface area contributed by atoms with Gasteiger partial charge in [-0.25, -0.2) is 18.4 Å². The summed E-state index contributed by atoms with van der Waals surface area (Å²) in [7, 11) is 2.23. The molecule has 8 heteroatoms. The van der Waals surface area contributed by atoms with Gasteiger partial charge in [0, 0.05) is 17.8 Å². The maximum Gasteiger partial charge on any atom is 0.354 e. The predicted molar refractivity (Wildman–Crippen MR) is 80.4 cm³/mol. The van der Waals surface area contributed by atoms with Crippen LogP contribution in [0.2, 0.25) is 0 Å². The number of carbonyl (C=O) groups is 2. The quantitative estimate of drug-likeness (QED) is 0.633. The second-order valence-electron chi connectivity index (χ2n) is 5.14. The van der Waals surface area contributed by atoms with Crippen LogP contribution in [0.5, 0.6) is 5.75 Å². The van der Waals surface area contributed by atoms with E-state index in [-0.39, 0.29) is 17.5 Å². The standard InChI is InChI=1S/C16H17F2NO5/c1-22-14(20)8-13(16(21)23-2)19-9-6-11(17)15(12(18)7-9)24-10-4-3-5-10/h6-8,10,19H,3-5H2,1-2H3/b13-8+. The van der Waals surface area contributed by atoms with Gasteiger partial charge in [0.2, 0.25) is 0 Å². The third-order valence-corrected chi connectivity index (χ3v) is 3.48. The second kappa shape index (κ2) is 7.76. The summed E-state index contributed by atoms with van der Waals surface area (Å²) in [6.45, 7) is 0. The van der Waals surface area contributed by atoms with Crippen molar-refractivity contribution in [2.45, 2.75) is 25.4 Å². The van der Waals surface area contributed by atoms with E-state index < -0.39 is 29.3 Å². The Labute approximate surface area is 137 Å². The fourth-order valence-electron chi connectivity index (χ4n) is 1.99. The summed E-state index contributed by atoms with van der Waals surface area (Å²) in [5, 5.41) is 2.44. The summed E-state index contributed by atoms with van der Waals surface area (Å²) in [6, 6.07) is 1.93. The zero-order valence-corrected chi connectivity index (χ0v) is 13.2. The van der Waals surface area contributed by atoms with Crippen molar-refractivity contribution in [3.63, 3.8) is 0 Å². The first kappa shape index (κ1) is 17.7. The van der Waals surface area contributed by atoms with E-state index in [1.54, 1.807) is 0 Å². The maximum absolute atomic E-state index is 14.1. The predicted octanol–water partition coefficient (Wildman–Crippen LogP) is 2.54. The zero-order valence-electron chi connectivity index (χ0n) is 13.2. The highest BCUT2D eigenvalue weighted by molar-refractivity contribution is 5.98. The molecule has 1 aromatic carbocycles. The number of ether oxygens (including phenoxy) is 3. The van der Waals surface area contributed by atoms with Crippen molar-refractivity contribution in [1.82, 2.24) is 0 Å². The van der Waals surface area contributed by atoms with Gasteiger partial charge in [-0.3, -0.25) is 0 Å². The molecule has 0 amide bonds. The number of carbonyl (C=O) groups excluding carboxylic acids is 2.